The molecule has 1 nitrogen and oxygen atoms in total. The van der Waals surface area contributed by atoms with Crippen molar-refractivity contribution in [1.29, 1.82) is 0 Å². The molecule has 2 heteroatoms. The van der Waals surface area contributed by atoms with E-state index in [2.05, 4.69) is 56.3 Å². The van der Waals surface area contributed by atoms with Crippen LogP contribution in [-0.2, 0) is 12.8 Å². The Morgan fingerprint density at radius 1 is 0.739 bits per heavy atom. The van der Waals surface area contributed by atoms with Crippen molar-refractivity contribution >= 4 is 23.1 Å². The minimum absolute atomic E-state index is 0.364. The van der Waals surface area contributed by atoms with Crippen LogP contribution in [0.1, 0.15) is 33.5 Å². The second-order valence-electron chi connectivity index (χ2n) is 6.91. The molecular weight excluding hydrogens is 277 g/mol. The van der Waals surface area contributed by atoms with Crippen molar-refractivity contribution in [3.05, 3.63) is 82.2 Å². The van der Waals surface area contributed by atoms with Crippen molar-refractivity contribution in [1.82, 2.24) is 4.98 Å². The minimum atomic E-state index is 0.364. The van der Waals surface area contributed by atoms with E-state index in [9.17, 15) is 0 Å². The first-order chi connectivity index (χ1) is 11.2. The fourth-order valence-corrected chi connectivity index (χ4v) is 4.64. The smallest absolute Gasteiger partial charge is 0.245 e. The van der Waals surface area contributed by atoms with Crippen molar-refractivity contribution in [3.8, 4) is 0 Å². The lowest BCUT2D eigenvalue weighted by molar-refractivity contribution is 1.05. The van der Waals surface area contributed by atoms with E-state index in [1.165, 1.54) is 49.9 Å². The second-order valence-corrected chi connectivity index (χ2v) is 6.91. The van der Waals surface area contributed by atoms with E-state index >= 15 is 0 Å². The van der Waals surface area contributed by atoms with Gasteiger partial charge in [-0.3, -0.25) is 4.98 Å². The lowest BCUT2D eigenvalue weighted by atomic mass is 9.30. The van der Waals surface area contributed by atoms with E-state index in [4.69, 9.17) is 4.98 Å². The SMILES string of the molecule is Cc1cccc2c1B1c3c(C)cccc3Cc3nccc(c31)C2. The van der Waals surface area contributed by atoms with E-state index in [0.717, 1.165) is 12.8 Å². The topological polar surface area (TPSA) is 12.9 Å². The predicted molar refractivity (Wildman–Crippen MR) is 96.9 cm³/mol. The van der Waals surface area contributed by atoms with Gasteiger partial charge >= 0.3 is 0 Å². The predicted octanol–water partition coefficient (Wildman–Crippen LogP) is 2.02. The van der Waals surface area contributed by atoms with Gasteiger partial charge in [0.05, 0.1) is 0 Å². The molecule has 0 atom stereocenters. The fourth-order valence-electron chi connectivity index (χ4n) is 4.64. The maximum absolute atomic E-state index is 4.74. The highest BCUT2D eigenvalue weighted by molar-refractivity contribution is 6.97. The standard InChI is InChI=1S/C21H18BN/c1-13-5-3-7-15-11-17-9-10-23-18-12-16-8-4-6-14(2)20(16)22(19(13)15)21(17)18/h3-10H,11-12H2,1-2H3. The van der Waals surface area contributed by atoms with Gasteiger partial charge in [0.15, 0.2) is 0 Å². The summed E-state index contributed by atoms with van der Waals surface area (Å²) in [6.07, 6.45) is 4.00. The molecule has 0 saturated heterocycles. The van der Waals surface area contributed by atoms with Gasteiger partial charge in [-0.15, -0.1) is 0 Å². The van der Waals surface area contributed by atoms with Crippen LogP contribution in [0.2, 0.25) is 0 Å². The molecule has 0 radical (unpaired) electrons. The normalized spacial score (nSPS) is 14.1. The molecule has 3 heterocycles. The number of hydrogen-bond acceptors (Lipinski definition) is 1. The van der Waals surface area contributed by atoms with Gasteiger partial charge in [-0.1, -0.05) is 58.5 Å². The zero-order chi connectivity index (χ0) is 15.6. The minimum Gasteiger partial charge on any atom is -0.261 e. The zero-order valence-corrected chi connectivity index (χ0v) is 13.6. The Hall–Kier alpha value is -2.35. The van der Waals surface area contributed by atoms with Crippen LogP contribution in [0, 0.1) is 13.8 Å². The quantitative estimate of drug-likeness (QED) is 0.398. The Morgan fingerprint density at radius 3 is 2.04 bits per heavy atom. The molecule has 1 aromatic heterocycles. The largest absolute Gasteiger partial charge is 0.261 e. The molecule has 0 unspecified atom stereocenters. The molecule has 0 saturated carbocycles. The number of benzene rings is 2. The summed E-state index contributed by atoms with van der Waals surface area (Å²) in [6.45, 7) is 4.88. The molecule has 0 aliphatic carbocycles. The van der Waals surface area contributed by atoms with Gasteiger partial charge in [0.25, 0.3) is 0 Å². The number of hydrogen-bond donors (Lipinski definition) is 0. The summed E-state index contributed by atoms with van der Waals surface area (Å²) in [7, 11) is 0. The number of rotatable bonds is 0. The average molecular weight is 295 g/mol. The van der Waals surface area contributed by atoms with Crippen molar-refractivity contribution < 1.29 is 0 Å². The molecule has 110 valence electrons. The molecule has 0 fully saturated rings. The highest BCUT2D eigenvalue weighted by Crippen LogP contribution is 2.22. The van der Waals surface area contributed by atoms with Gasteiger partial charge in [-0.2, -0.15) is 0 Å². The molecule has 0 bridgehead atoms. The first-order valence-corrected chi connectivity index (χ1v) is 8.37. The number of nitrogens with zero attached hydrogens (tertiary/aromatic N) is 1. The van der Waals surface area contributed by atoms with Gasteiger partial charge in [0, 0.05) is 18.3 Å². The molecule has 3 aromatic rings. The third kappa shape index (κ3) is 1.72. The monoisotopic (exact) mass is 295 g/mol. The maximum Gasteiger partial charge on any atom is 0.245 e. The highest BCUT2D eigenvalue weighted by Gasteiger charge is 2.38. The van der Waals surface area contributed by atoms with Crippen LogP contribution in [-0.4, -0.2) is 11.7 Å². The summed E-state index contributed by atoms with van der Waals surface area (Å²) in [5.41, 5.74) is 13.0. The lowest BCUT2D eigenvalue weighted by Gasteiger charge is -2.35. The lowest BCUT2D eigenvalue weighted by Crippen LogP contribution is -2.62. The Morgan fingerprint density at radius 2 is 1.35 bits per heavy atom. The Kier molecular flexibility index (Phi) is 2.61. The molecule has 2 aliphatic rings. The highest BCUT2D eigenvalue weighted by atomic mass is 14.7. The van der Waals surface area contributed by atoms with Crippen molar-refractivity contribution in [2.45, 2.75) is 26.7 Å². The van der Waals surface area contributed by atoms with Crippen LogP contribution in [0.25, 0.3) is 0 Å². The molecule has 5 rings (SSSR count). The number of pyridine rings is 1. The summed E-state index contributed by atoms with van der Waals surface area (Å²) in [5.74, 6) is 0. The van der Waals surface area contributed by atoms with Crippen LogP contribution in [0.3, 0.4) is 0 Å². The summed E-state index contributed by atoms with van der Waals surface area (Å²) in [6, 6.07) is 15.7. The van der Waals surface area contributed by atoms with Crippen molar-refractivity contribution in [2.75, 3.05) is 0 Å². The van der Waals surface area contributed by atoms with E-state index in [-0.39, 0.29) is 0 Å². The third-order valence-electron chi connectivity index (χ3n) is 5.60. The average Bonchev–Trinajstić information content (AvgIpc) is 2.55. The maximum atomic E-state index is 4.74. The van der Waals surface area contributed by atoms with Crippen LogP contribution < -0.4 is 16.4 Å². The molecule has 2 aliphatic heterocycles. The van der Waals surface area contributed by atoms with Gasteiger partial charge in [-0.25, -0.2) is 0 Å². The molecule has 23 heavy (non-hydrogen) atoms. The number of aromatic nitrogens is 1. The van der Waals surface area contributed by atoms with E-state index in [1.807, 2.05) is 6.20 Å². The van der Waals surface area contributed by atoms with Crippen LogP contribution >= 0.6 is 0 Å². The first kappa shape index (κ1) is 13.1. The van der Waals surface area contributed by atoms with Gasteiger partial charge in [0.1, 0.15) is 0 Å². The Bertz CT molecular complexity index is 852. The van der Waals surface area contributed by atoms with Gasteiger partial charge in [0.2, 0.25) is 6.71 Å². The first-order valence-electron chi connectivity index (χ1n) is 8.37. The number of fused-ring (bicyclic) bond motifs is 4. The Balaban J connectivity index is 1.91. The summed E-state index contributed by atoms with van der Waals surface area (Å²) in [5, 5.41) is 0. The van der Waals surface area contributed by atoms with Crippen LogP contribution in [0.15, 0.2) is 48.7 Å². The summed E-state index contributed by atoms with van der Waals surface area (Å²) in [4.78, 5) is 4.74. The van der Waals surface area contributed by atoms with Crippen LogP contribution in [0.4, 0.5) is 0 Å². The van der Waals surface area contributed by atoms with Gasteiger partial charge < -0.3 is 0 Å². The van der Waals surface area contributed by atoms with Crippen LogP contribution in [0.5, 0.6) is 0 Å². The summed E-state index contributed by atoms with van der Waals surface area (Å²) < 4.78 is 0. The molecule has 0 spiro atoms. The van der Waals surface area contributed by atoms with E-state index < -0.39 is 0 Å². The second kappa shape index (κ2) is 4.58. The van der Waals surface area contributed by atoms with Crippen molar-refractivity contribution in [2.24, 2.45) is 0 Å². The summed E-state index contributed by atoms with van der Waals surface area (Å²) >= 11 is 0. The van der Waals surface area contributed by atoms with E-state index in [0.29, 0.717) is 6.71 Å². The third-order valence-corrected chi connectivity index (χ3v) is 5.60. The van der Waals surface area contributed by atoms with Gasteiger partial charge in [-0.05, 0) is 48.5 Å². The molecule has 0 N–H and O–H groups in total. The van der Waals surface area contributed by atoms with Crippen molar-refractivity contribution in [3.63, 3.8) is 0 Å². The fraction of sp³-hybridized carbons (Fsp3) is 0.190. The molecule has 2 aromatic carbocycles. The zero-order valence-electron chi connectivity index (χ0n) is 13.6. The number of aryl methyl sites for hydroxylation is 2. The Labute approximate surface area is 137 Å². The van der Waals surface area contributed by atoms with E-state index in [1.54, 1.807) is 0 Å². The molecular formula is C21H18BN. The molecule has 0 amide bonds.